The quantitative estimate of drug-likeness (QED) is 0.768. The molecule has 0 aliphatic carbocycles. The van der Waals surface area contributed by atoms with Crippen LogP contribution < -0.4 is 10.2 Å². The van der Waals surface area contributed by atoms with Gasteiger partial charge in [0, 0.05) is 31.5 Å². The molecule has 2 N–H and O–H groups in total. The summed E-state index contributed by atoms with van der Waals surface area (Å²) in [6.07, 6.45) is 0.228. The summed E-state index contributed by atoms with van der Waals surface area (Å²) in [4.78, 5) is 13.8. The van der Waals surface area contributed by atoms with Gasteiger partial charge in [-0.2, -0.15) is 0 Å². The number of para-hydroxylation sites is 1. The van der Waals surface area contributed by atoms with E-state index in [0.717, 1.165) is 11.3 Å². The van der Waals surface area contributed by atoms with E-state index in [2.05, 4.69) is 5.32 Å². The molecule has 1 aliphatic rings. The number of methoxy groups -OCH3 is 1. The van der Waals surface area contributed by atoms with Gasteiger partial charge in [0.15, 0.2) is 0 Å². The highest BCUT2D eigenvalue weighted by molar-refractivity contribution is 5.81. The van der Waals surface area contributed by atoms with Crippen molar-refractivity contribution in [2.75, 3.05) is 38.3 Å². The van der Waals surface area contributed by atoms with Gasteiger partial charge >= 0.3 is 0 Å². The van der Waals surface area contributed by atoms with Gasteiger partial charge in [-0.1, -0.05) is 18.2 Å². The Kier molecular flexibility index (Phi) is 4.76. The normalized spacial score (nSPS) is 18.0. The molecular formula is C14H20N2O3. The van der Waals surface area contributed by atoms with Crippen LogP contribution in [0.4, 0.5) is 5.69 Å². The predicted molar refractivity (Wildman–Crippen MR) is 73.1 cm³/mol. The molecule has 1 aromatic carbocycles. The first-order valence-corrected chi connectivity index (χ1v) is 6.50. The molecule has 0 spiro atoms. The second-order valence-electron chi connectivity index (χ2n) is 4.63. The number of fused-ring (bicyclic) bond motifs is 1. The lowest BCUT2D eigenvalue weighted by Crippen LogP contribution is -2.41. The Bertz CT molecular complexity index is 436. The van der Waals surface area contributed by atoms with Gasteiger partial charge in [0.25, 0.3) is 0 Å². The summed E-state index contributed by atoms with van der Waals surface area (Å²) >= 11 is 0. The lowest BCUT2D eigenvalue weighted by molar-refractivity contribution is -0.120. The van der Waals surface area contributed by atoms with Crippen molar-refractivity contribution in [2.24, 2.45) is 0 Å². The van der Waals surface area contributed by atoms with Crippen LogP contribution in [0.3, 0.4) is 0 Å². The van der Waals surface area contributed by atoms with Crippen LogP contribution in [-0.2, 0) is 9.53 Å². The van der Waals surface area contributed by atoms with Crippen molar-refractivity contribution in [3.8, 4) is 0 Å². The van der Waals surface area contributed by atoms with E-state index in [9.17, 15) is 9.90 Å². The molecule has 2 rings (SSSR count). The highest BCUT2D eigenvalue weighted by atomic mass is 16.5. The van der Waals surface area contributed by atoms with Gasteiger partial charge in [0.05, 0.1) is 19.3 Å². The number of benzene rings is 1. The molecule has 0 saturated heterocycles. The van der Waals surface area contributed by atoms with Crippen LogP contribution in [0.5, 0.6) is 0 Å². The molecule has 5 heteroatoms. The number of hydrogen-bond acceptors (Lipinski definition) is 4. The molecule has 0 bridgehead atoms. The van der Waals surface area contributed by atoms with Gasteiger partial charge < -0.3 is 20.1 Å². The summed E-state index contributed by atoms with van der Waals surface area (Å²) in [5, 5.41) is 12.7. The van der Waals surface area contributed by atoms with Crippen molar-refractivity contribution in [1.82, 2.24) is 5.32 Å². The van der Waals surface area contributed by atoms with E-state index >= 15 is 0 Å². The van der Waals surface area contributed by atoms with Crippen molar-refractivity contribution in [2.45, 2.75) is 12.5 Å². The molecule has 1 heterocycles. The molecule has 0 saturated carbocycles. The van der Waals surface area contributed by atoms with E-state index in [1.807, 2.05) is 29.2 Å². The zero-order valence-corrected chi connectivity index (χ0v) is 11.1. The second kappa shape index (κ2) is 6.54. The fraction of sp³-hybridized carbons (Fsp3) is 0.500. The number of amides is 1. The number of anilines is 1. The van der Waals surface area contributed by atoms with E-state index < -0.39 is 6.10 Å². The minimum Gasteiger partial charge on any atom is -0.388 e. The molecule has 1 atom stereocenters. The molecular weight excluding hydrogens is 244 g/mol. The fourth-order valence-corrected chi connectivity index (χ4v) is 2.30. The highest BCUT2D eigenvalue weighted by Crippen LogP contribution is 2.32. The third-order valence-electron chi connectivity index (χ3n) is 3.27. The van der Waals surface area contributed by atoms with E-state index in [0.29, 0.717) is 32.7 Å². The van der Waals surface area contributed by atoms with Gasteiger partial charge in [-0.25, -0.2) is 0 Å². The van der Waals surface area contributed by atoms with E-state index in [4.69, 9.17) is 4.74 Å². The maximum atomic E-state index is 11.8. The number of ether oxygens (including phenoxy) is 1. The smallest absolute Gasteiger partial charge is 0.239 e. The topological polar surface area (TPSA) is 61.8 Å². The summed E-state index contributed by atoms with van der Waals surface area (Å²) < 4.78 is 4.89. The minimum absolute atomic E-state index is 0.0248. The first-order valence-electron chi connectivity index (χ1n) is 6.50. The summed E-state index contributed by atoms with van der Waals surface area (Å²) in [5.74, 6) is -0.0248. The summed E-state index contributed by atoms with van der Waals surface area (Å²) in [5.41, 5.74) is 1.85. The van der Waals surface area contributed by atoms with Gasteiger partial charge in [0.2, 0.25) is 5.91 Å². The maximum Gasteiger partial charge on any atom is 0.239 e. The average molecular weight is 264 g/mol. The molecule has 1 aliphatic heterocycles. The summed E-state index contributed by atoms with van der Waals surface area (Å²) in [6.45, 7) is 2.04. The molecule has 5 nitrogen and oxygen atoms in total. The Labute approximate surface area is 113 Å². The Hall–Kier alpha value is -1.59. The summed E-state index contributed by atoms with van der Waals surface area (Å²) in [7, 11) is 1.61. The van der Waals surface area contributed by atoms with Crippen LogP contribution in [0.1, 0.15) is 18.1 Å². The van der Waals surface area contributed by atoms with Crippen molar-refractivity contribution in [3.05, 3.63) is 29.8 Å². The molecule has 104 valence electrons. The zero-order valence-electron chi connectivity index (χ0n) is 11.1. The number of hydrogen-bond donors (Lipinski definition) is 2. The number of nitrogens with zero attached hydrogens (tertiary/aromatic N) is 1. The Morgan fingerprint density at radius 1 is 1.53 bits per heavy atom. The zero-order chi connectivity index (χ0) is 13.7. The number of nitrogens with one attached hydrogen (secondary N) is 1. The van der Waals surface area contributed by atoms with Crippen LogP contribution in [0.2, 0.25) is 0 Å². The third kappa shape index (κ3) is 3.45. The number of carbonyl (C=O) groups excluding carboxylic acids is 1. The first kappa shape index (κ1) is 13.8. The van der Waals surface area contributed by atoms with Gasteiger partial charge in [-0.15, -0.1) is 0 Å². The van der Waals surface area contributed by atoms with Crippen LogP contribution in [0, 0.1) is 0 Å². The lowest BCUT2D eigenvalue weighted by atomic mass is 9.99. The molecule has 1 unspecified atom stereocenters. The van der Waals surface area contributed by atoms with Crippen molar-refractivity contribution in [1.29, 1.82) is 0 Å². The Morgan fingerprint density at radius 3 is 3.11 bits per heavy atom. The molecule has 1 amide bonds. The van der Waals surface area contributed by atoms with Gasteiger partial charge in [-0.3, -0.25) is 4.79 Å². The summed E-state index contributed by atoms with van der Waals surface area (Å²) in [6, 6.07) is 7.69. The van der Waals surface area contributed by atoms with E-state index in [1.165, 1.54) is 0 Å². The average Bonchev–Trinajstić information content (AvgIpc) is 2.43. The van der Waals surface area contributed by atoms with Crippen LogP contribution in [0.15, 0.2) is 24.3 Å². The molecule has 0 radical (unpaired) electrons. The largest absolute Gasteiger partial charge is 0.388 e. The van der Waals surface area contributed by atoms with Gasteiger partial charge in [0.1, 0.15) is 0 Å². The predicted octanol–water partition coefficient (Wildman–Crippen LogP) is 0.693. The number of carbonyl (C=O) groups is 1. The number of aliphatic hydroxyl groups excluding tert-OH is 1. The number of rotatable bonds is 5. The molecule has 19 heavy (non-hydrogen) atoms. The number of aliphatic hydroxyl groups is 1. The Balaban J connectivity index is 1.98. The van der Waals surface area contributed by atoms with Crippen molar-refractivity contribution >= 4 is 11.6 Å². The monoisotopic (exact) mass is 264 g/mol. The van der Waals surface area contributed by atoms with Crippen molar-refractivity contribution in [3.63, 3.8) is 0 Å². The van der Waals surface area contributed by atoms with E-state index in [-0.39, 0.29) is 5.91 Å². The van der Waals surface area contributed by atoms with Crippen LogP contribution in [-0.4, -0.2) is 44.4 Å². The molecule has 0 aromatic heterocycles. The minimum atomic E-state index is -0.427. The van der Waals surface area contributed by atoms with E-state index in [1.54, 1.807) is 7.11 Å². The van der Waals surface area contributed by atoms with Crippen molar-refractivity contribution < 1.29 is 14.6 Å². The Morgan fingerprint density at radius 2 is 2.32 bits per heavy atom. The SMILES string of the molecule is COCCNC(=O)CN1CCC(O)c2ccccc21. The lowest BCUT2D eigenvalue weighted by Gasteiger charge is -2.33. The maximum absolute atomic E-state index is 11.8. The second-order valence-corrected chi connectivity index (χ2v) is 4.63. The van der Waals surface area contributed by atoms with Crippen LogP contribution >= 0.6 is 0 Å². The fourth-order valence-electron chi connectivity index (χ4n) is 2.30. The van der Waals surface area contributed by atoms with Gasteiger partial charge in [-0.05, 0) is 12.5 Å². The first-order chi connectivity index (χ1) is 9.22. The third-order valence-corrected chi connectivity index (χ3v) is 3.27. The highest BCUT2D eigenvalue weighted by Gasteiger charge is 2.24. The molecule has 0 fully saturated rings. The standard InChI is InChI=1S/C14H20N2O3/c1-19-9-7-15-14(18)10-16-8-6-13(17)11-4-2-3-5-12(11)16/h2-5,13,17H,6-10H2,1H3,(H,15,18). The molecule has 1 aromatic rings. The van der Waals surface area contributed by atoms with Crippen LogP contribution in [0.25, 0.3) is 0 Å².